The maximum Gasteiger partial charge on any atom is 0.276 e. The molecule has 2 aromatic heterocycles. The number of nitriles is 1. The summed E-state index contributed by atoms with van der Waals surface area (Å²) in [5.41, 5.74) is 2.73. The van der Waals surface area contributed by atoms with Gasteiger partial charge < -0.3 is 0 Å². The van der Waals surface area contributed by atoms with Gasteiger partial charge in [0, 0.05) is 23.9 Å². The number of rotatable bonds is 3. The average molecular weight is 290 g/mol. The minimum atomic E-state index is -0.135. The van der Waals surface area contributed by atoms with E-state index >= 15 is 0 Å². The van der Waals surface area contributed by atoms with E-state index < -0.39 is 0 Å². The van der Waals surface area contributed by atoms with Crippen LogP contribution in [-0.4, -0.2) is 14.8 Å². The molecule has 108 valence electrons. The molecule has 3 aromatic rings. The van der Waals surface area contributed by atoms with Crippen LogP contribution in [0, 0.1) is 18.3 Å². The Hall–Kier alpha value is -3.13. The molecule has 0 spiro atoms. The van der Waals surface area contributed by atoms with E-state index in [0.717, 1.165) is 11.3 Å². The van der Waals surface area contributed by atoms with Gasteiger partial charge in [0.05, 0.1) is 11.6 Å². The summed E-state index contributed by atoms with van der Waals surface area (Å²) < 4.78 is 1.43. The van der Waals surface area contributed by atoms with Crippen molar-refractivity contribution in [1.29, 1.82) is 5.26 Å². The van der Waals surface area contributed by atoms with Crippen LogP contribution < -0.4 is 5.56 Å². The number of hydrogen-bond donors (Lipinski definition) is 1. The summed E-state index contributed by atoms with van der Waals surface area (Å²) in [5.74, 6) is 0.551. The molecule has 1 aromatic carbocycles. The molecule has 0 unspecified atom stereocenters. The van der Waals surface area contributed by atoms with Crippen LogP contribution in [0.1, 0.15) is 22.4 Å². The quantitative estimate of drug-likeness (QED) is 0.804. The van der Waals surface area contributed by atoms with Crippen molar-refractivity contribution in [2.24, 2.45) is 0 Å². The van der Waals surface area contributed by atoms with Crippen LogP contribution in [0.4, 0.5) is 0 Å². The van der Waals surface area contributed by atoms with Crippen molar-refractivity contribution in [1.82, 2.24) is 14.8 Å². The van der Waals surface area contributed by atoms with Crippen LogP contribution in [0.2, 0.25) is 0 Å². The predicted molar refractivity (Wildman–Crippen MR) is 82.9 cm³/mol. The van der Waals surface area contributed by atoms with Crippen molar-refractivity contribution in [2.75, 3.05) is 0 Å². The molecule has 2 heterocycles. The SMILES string of the molecule is Cc1[nH]n(-c2ccccn2)c(=O)c1Cc1ccccc1C#N. The van der Waals surface area contributed by atoms with E-state index in [1.54, 1.807) is 24.4 Å². The maximum atomic E-state index is 12.6. The second-order valence-electron chi connectivity index (χ2n) is 4.99. The van der Waals surface area contributed by atoms with Crippen molar-refractivity contribution in [3.8, 4) is 11.9 Å². The van der Waals surface area contributed by atoms with Crippen LogP contribution in [0.3, 0.4) is 0 Å². The largest absolute Gasteiger partial charge is 0.294 e. The molecule has 0 amide bonds. The summed E-state index contributed by atoms with van der Waals surface area (Å²) in [6.07, 6.45) is 2.06. The fourth-order valence-corrected chi connectivity index (χ4v) is 2.41. The van der Waals surface area contributed by atoms with Gasteiger partial charge in [0.25, 0.3) is 5.56 Å². The standard InChI is InChI=1S/C17H14N4O/c1-12-15(10-13-6-2-3-7-14(13)11-18)17(22)21(20-12)16-8-4-5-9-19-16/h2-9,20H,10H2,1H3. The number of pyridine rings is 1. The van der Waals surface area contributed by atoms with Gasteiger partial charge in [-0.05, 0) is 30.7 Å². The molecule has 22 heavy (non-hydrogen) atoms. The molecule has 0 aliphatic heterocycles. The molecule has 1 N–H and O–H groups in total. The van der Waals surface area contributed by atoms with Crippen molar-refractivity contribution in [2.45, 2.75) is 13.3 Å². The zero-order chi connectivity index (χ0) is 15.5. The van der Waals surface area contributed by atoms with Gasteiger partial charge in [-0.2, -0.15) is 5.26 Å². The van der Waals surface area contributed by atoms with Crippen LogP contribution >= 0.6 is 0 Å². The highest BCUT2D eigenvalue weighted by atomic mass is 16.1. The Bertz CT molecular complexity index is 900. The normalized spacial score (nSPS) is 10.4. The third kappa shape index (κ3) is 2.42. The van der Waals surface area contributed by atoms with Gasteiger partial charge >= 0.3 is 0 Å². The van der Waals surface area contributed by atoms with Gasteiger partial charge in [0.1, 0.15) is 0 Å². The molecule has 0 atom stereocenters. The zero-order valence-electron chi connectivity index (χ0n) is 12.1. The van der Waals surface area contributed by atoms with E-state index in [9.17, 15) is 4.79 Å². The summed E-state index contributed by atoms with van der Waals surface area (Å²) in [5, 5.41) is 12.2. The topological polar surface area (TPSA) is 74.5 Å². The first-order valence-electron chi connectivity index (χ1n) is 6.90. The first kappa shape index (κ1) is 13.8. The van der Waals surface area contributed by atoms with Gasteiger partial charge in [-0.25, -0.2) is 9.67 Å². The monoisotopic (exact) mass is 290 g/mol. The van der Waals surface area contributed by atoms with Crippen LogP contribution in [0.25, 0.3) is 5.82 Å². The third-order valence-corrected chi connectivity index (χ3v) is 3.58. The second-order valence-corrected chi connectivity index (χ2v) is 4.99. The lowest BCUT2D eigenvalue weighted by Gasteiger charge is -2.01. The highest BCUT2D eigenvalue weighted by molar-refractivity contribution is 5.41. The Morgan fingerprint density at radius 2 is 2.00 bits per heavy atom. The highest BCUT2D eigenvalue weighted by Gasteiger charge is 2.14. The first-order valence-corrected chi connectivity index (χ1v) is 6.90. The van der Waals surface area contributed by atoms with E-state index in [2.05, 4.69) is 16.2 Å². The molecule has 0 saturated carbocycles. The Morgan fingerprint density at radius 1 is 1.23 bits per heavy atom. The van der Waals surface area contributed by atoms with Gasteiger partial charge in [0.2, 0.25) is 0 Å². The third-order valence-electron chi connectivity index (χ3n) is 3.58. The van der Waals surface area contributed by atoms with Crippen molar-refractivity contribution in [3.63, 3.8) is 0 Å². The van der Waals surface area contributed by atoms with Crippen molar-refractivity contribution < 1.29 is 0 Å². The van der Waals surface area contributed by atoms with Gasteiger partial charge in [-0.1, -0.05) is 24.3 Å². The smallest absolute Gasteiger partial charge is 0.276 e. The number of aromatic amines is 1. The molecular formula is C17H14N4O. The van der Waals surface area contributed by atoms with Crippen LogP contribution in [0.5, 0.6) is 0 Å². The fourth-order valence-electron chi connectivity index (χ4n) is 2.41. The molecule has 0 saturated heterocycles. The minimum absolute atomic E-state index is 0.135. The Morgan fingerprint density at radius 3 is 2.73 bits per heavy atom. The summed E-state index contributed by atoms with van der Waals surface area (Å²) in [7, 11) is 0. The number of nitrogens with one attached hydrogen (secondary N) is 1. The number of benzene rings is 1. The average Bonchev–Trinajstić information content (AvgIpc) is 2.84. The number of hydrogen-bond acceptors (Lipinski definition) is 3. The van der Waals surface area contributed by atoms with Gasteiger partial charge in [-0.15, -0.1) is 0 Å². The molecule has 3 rings (SSSR count). The Labute approximate surface area is 127 Å². The summed E-state index contributed by atoms with van der Waals surface area (Å²) in [6.45, 7) is 1.85. The van der Waals surface area contributed by atoms with E-state index in [4.69, 9.17) is 5.26 Å². The lowest BCUT2D eigenvalue weighted by molar-refractivity contribution is 0.806. The summed E-state index contributed by atoms with van der Waals surface area (Å²) >= 11 is 0. The Balaban J connectivity index is 2.05. The first-order chi connectivity index (χ1) is 10.7. The molecule has 5 nitrogen and oxygen atoms in total. The lowest BCUT2D eigenvalue weighted by Crippen LogP contribution is -2.18. The van der Waals surface area contributed by atoms with E-state index in [-0.39, 0.29) is 5.56 Å². The lowest BCUT2D eigenvalue weighted by atomic mass is 10.0. The van der Waals surface area contributed by atoms with E-state index in [1.807, 2.05) is 31.2 Å². The number of aryl methyl sites for hydroxylation is 1. The van der Waals surface area contributed by atoms with E-state index in [1.165, 1.54) is 4.68 Å². The molecule has 5 heteroatoms. The molecule has 0 aliphatic rings. The van der Waals surface area contributed by atoms with Gasteiger partial charge in [0.15, 0.2) is 5.82 Å². The number of H-pyrrole nitrogens is 1. The van der Waals surface area contributed by atoms with Gasteiger partial charge in [-0.3, -0.25) is 9.89 Å². The molecule has 0 aliphatic carbocycles. The summed E-state index contributed by atoms with van der Waals surface area (Å²) in [4.78, 5) is 16.8. The van der Waals surface area contributed by atoms with Crippen molar-refractivity contribution in [3.05, 3.63) is 81.4 Å². The minimum Gasteiger partial charge on any atom is -0.294 e. The fraction of sp³-hybridized carbons (Fsp3) is 0.118. The van der Waals surface area contributed by atoms with Crippen LogP contribution in [-0.2, 0) is 6.42 Å². The molecule has 0 fully saturated rings. The van der Waals surface area contributed by atoms with Crippen LogP contribution in [0.15, 0.2) is 53.5 Å². The highest BCUT2D eigenvalue weighted by Crippen LogP contribution is 2.14. The predicted octanol–water partition coefficient (Wildman–Crippen LogP) is 2.33. The Kier molecular flexibility index (Phi) is 3.58. The molecule has 0 radical (unpaired) electrons. The zero-order valence-corrected chi connectivity index (χ0v) is 12.1. The maximum absolute atomic E-state index is 12.6. The molecular weight excluding hydrogens is 276 g/mol. The van der Waals surface area contributed by atoms with Crippen molar-refractivity contribution >= 4 is 0 Å². The number of aromatic nitrogens is 3. The molecule has 0 bridgehead atoms. The van der Waals surface area contributed by atoms with E-state index in [0.29, 0.717) is 23.4 Å². The number of nitrogens with zero attached hydrogens (tertiary/aromatic N) is 3. The summed E-state index contributed by atoms with van der Waals surface area (Å²) in [6, 6.07) is 14.9. The second kappa shape index (κ2) is 5.70.